The van der Waals surface area contributed by atoms with Gasteiger partial charge < -0.3 is 10.1 Å². The van der Waals surface area contributed by atoms with Gasteiger partial charge in [0.25, 0.3) is 5.66 Å². The number of esters is 1. The smallest absolute Gasteiger partial charge is 0.437 e. The topological polar surface area (TPSA) is 97.4 Å². The number of hydrogen-bond donors (Lipinski definition) is 2. The van der Waals surface area contributed by atoms with E-state index in [1.807, 2.05) is 5.32 Å². The van der Waals surface area contributed by atoms with Gasteiger partial charge in [-0.25, -0.2) is 18.2 Å². The largest absolute Gasteiger partial charge is 0.463 e. The molecule has 0 fully saturated rings. The van der Waals surface area contributed by atoms with Gasteiger partial charge in [0.1, 0.15) is 5.82 Å². The first-order valence-electron chi connectivity index (χ1n) is 7.64. The van der Waals surface area contributed by atoms with Crippen LogP contribution in [0.5, 0.6) is 0 Å². The summed E-state index contributed by atoms with van der Waals surface area (Å²) >= 11 is 0. The van der Waals surface area contributed by atoms with E-state index in [0.717, 1.165) is 18.2 Å². The number of nitrogens with zero attached hydrogens (tertiary/aromatic N) is 1. The van der Waals surface area contributed by atoms with E-state index in [-0.39, 0.29) is 5.82 Å². The number of sulfonamides is 1. The molecule has 0 radical (unpaired) electrons. The third kappa shape index (κ3) is 4.55. The zero-order chi connectivity index (χ0) is 20.1. The normalized spacial score (nSPS) is 14.2. The Hall–Kier alpha value is -2.66. The summed E-state index contributed by atoms with van der Waals surface area (Å²) in [5.74, 6) is -2.23. The molecule has 1 unspecified atom stereocenters. The van der Waals surface area contributed by atoms with Crippen LogP contribution < -0.4 is 10.0 Å². The number of benzene rings is 1. The van der Waals surface area contributed by atoms with Gasteiger partial charge in [0, 0.05) is 6.20 Å². The molecule has 0 aliphatic rings. The van der Waals surface area contributed by atoms with Crippen LogP contribution >= 0.6 is 0 Å². The third-order valence-corrected chi connectivity index (χ3v) is 4.80. The summed E-state index contributed by atoms with van der Waals surface area (Å²) < 4.78 is 72.8. The zero-order valence-electron chi connectivity index (χ0n) is 14.0. The van der Waals surface area contributed by atoms with Crippen LogP contribution in [-0.2, 0) is 19.6 Å². The summed E-state index contributed by atoms with van der Waals surface area (Å²) in [6, 6.07) is 10.3. The molecule has 0 aliphatic carbocycles. The van der Waals surface area contributed by atoms with Crippen molar-refractivity contribution in [3.8, 4) is 0 Å². The average molecular weight is 403 g/mol. The maximum atomic E-state index is 14.0. The predicted octanol–water partition coefficient (Wildman–Crippen LogP) is 2.29. The molecule has 2 rings (SSSR count). The highest BCUT2D eigenvalue weighted by molar-refractivity contribution is 7.89. The summed E-state index contributed by atoms with van der Waals surface area (Å²) in [6.07, 6.45) is -4.21. The van der Waals surface area contributed by atoms with Crippen LogP contribution in [0.2, 0.25) is 0 Å². The first-order chi connectivity index (χ1) is 12.6. The minimum atomic E-state index is -5.39. The Morgan fingerprint density at radius 1 is 1.11 bits per heavy atom. The van der Waals surface area contributed by atoms with E-state index < -0.39 is 39.3 Å². The second-order valence-corrected chi connectivity index (χ2v) is 6.91. The monoisotopic (exact) mass is 403 g/mol. The van der Waals surface area contributed by atoms with Crippen molar-refractivity contribution in [2.75, 3.05) is 11.9 Å². The number of carbonyl (C=O) groups excluding carboxylic acids is 1. The van der Waals surface area contributed by atoms with Gasteiger partial charge in [-0.3, -0.25) is 0 Å². The minimum absolute atomic E-state index is 0.376. The van der Waals surface area contributed by atoms with Crippen LogP contribution in [0.3, 0.4) is 0 Å². The lowest BCUT2D eigenvalue weighted by Gasteiger charge is -2.34. The van der Waals surface area contributed by atoms with Crippen molar-refractivity contribution in [3.05, 3.63) is 54.7 Å². The lowest BCUT2D eigenvalue weighted by atomic mass is 10.1. The molecule has 0 saturated heterocycles. The van der Waals surface area contributed by atoms with E-state index in [9.17, 15) is 26.4 Å². The van der Waals surface area contributed by atoms with Crippen molar-refractivity contribution in [1.82, 2.24) is 9.71 Å². The van der Waals surface area contributed by atoms with Crippen molar-refractivity contribution < 1.29 is 31.1 Å². The molecule has 1 aromatic carbocycles. The Morgan fingerprint density at radius 3 is 2.26 bits per heavy atom. The quantitative estimate of drug-likeness (QED) is 0.544. The zero-order valence-corrected chi connectivity index (χ0v) is 14.8. The molecule has 1 heterocycles. The van der Waals surface area contributed by atoms with E-state index >= 15 is 0 Å². The molecule has 0 saturated carbocycles. The third-order valence-electron chi connectivity index (χ3n) is 3.33. The maximum Gasteiger partial charge on any atom is 0.437 e. The maximum absolute atomic E-state index is 14.0. The summed E-state index contributed by atoms with van der Waals surface area (Å²) in [5.41, 5.74) is -3.77. The number of hydrogen-bond acceptors (Lipinski definition) is 6. The number of aromatic nitrogens is 1. The Morgan fingerprint density at radius 2 is 1.74 bits per heavy atom. The molecule has 1 aromatic heterocycles. The fraction of sp³-hybridized carbons (Fsp3) is 0.250. The molecular weight excluding hydrogens is 387 g/mol. The van der Waals surface area contributed by atoms with Gasteiger partial charge in [-0.1, -0.05) is 24.3 Å². The molecule has 2 aromatic rings. The van der Waals surface area contributed by atoms with Gasteiger partial charge in [-0.2, -0.15) is 17.9 Å². The Labute approximate surface area is 153 Å². The van der Waals surface area contributed by atoms with Crippen molar-refractivity contribution >= 4 is 21.8 Å². The molecule has 2 N–H and O–H groups in total. The standard InChI is InChI=1S/C16H16F3N3O4S/c1-2-26-14(23)15(16(17,18)19,21-13-10-6-7-11-20-13)22-27(24,25)12-8-4-3-5-9-12/h3-11,22H,2H2,1H3,(H,20,21). The molecular formula is C16H16F3N3O4S. The number of halogens is 3. The van der Waals surface area contributed by atoms with Crippen molar-refractivity contribution in [2.24, 2.45) is 0 Å². The van der Waals surface area contributed by atoms with E-state index in [2.05, 4.69) is 9.72 Å². The Balaban J connectivity index is 2.58. The first-order valence-corrected chi connectivity index (χ1v) is 9.13. The molecule has 146 valence electrons. The van der Waals surface area contributed by atoms with Gasteiger partial charge in [-0.15, -0.1) is 0 Å². The molecule has 27 heavy (non-hydrogen) atoms. The Kier molecular flexibility index (Phi) is 6.06. The minimum Gasteiger partial charge on any atom is -0.463 e. The van der Waals surface area contributed by atoms with Crippen LogP contribution in [-0.4, -0.2) is 37.8 Å². The number of ether oxygens (including phenoxy) is 1. The van der Waals surface area contributed by atoms with Crippen LogP contribution in [0.4, 0.5) is 19.0 Å². The number of rotatable bonds is 7. The van der Waals surface area contributed by atoms with Gasteiger partial charge >= 0.3 is 12.1 Å². The van der Waals surface area contributed by atoms with Crippen molar-refractivity contribution in [1.29, 1.82) is 0 Å². The molecule has 0 bridgehead atoms. The summed E-state index contributed by atoms with van der Waals surface area (Å²) in [6.45, 7) is 0.902. The van der Waals surface area contributed by atoms with Gasteiger partial charge in [0.05, 0.1) is 11.5 Å². The van der Waals surface area contributed by atoms with Gasteiger partial charge in [0.15, 0.2) is 0 Å². The summed E-state index contributed by atoms with van der Waals surface area (Å²) in [7, 11) is -4.75. The number of pyridine rings is 1. The van der Waals surface area contributed by atoms with E-state index in [4.69, 9.17) is 0 Å². The molecule has 0 spiro atoms. The van der Waals surface area contributed by atoms with Crippen LogP contribution in [0.15, 0.2) is 59.6 Å². The second kappa shape index (κ2) is 7.92. The lowest BCUT2D eigenvalue weighted by Crippen LogP contribution is -2.69. The first kappa shape index (κ1) is 20.6. The van der Waals surface area contributed by atoms with Gasteiger partial charge in [0.2, 0.25) is 10.0 Å². The molecule has 1 atom stereocenters. The van der Waals surface area contributed by atoms with E-state index in [1.54, 1.807) is 0 Å². The van der Waals surface area contributed by atoms with Crippen LogP contribution in [0.25, 0.3) is 0 Å². The van der Waals surface area contributed by atoms with Crippen molar-refractivity contribution in [3.63, 3.8) is 0 Å². The van der Waals surface area contributed by atoms with Crippen LogP contribution in [0.1, 0.15) is 6.92 Å². The van der Waals surface area contributed by atoms with Crippen LogP contribution in [0, 0.1) is 0 Å². The fourth-order valence-electron chi connectivity index (χ4n) is 2.09. The number of anilines is 1. The highest BCUT2D eigenvalue weighted by atomic mass is 32.2. The highest BCUT2D eigenvalue weighted by Gasteiger charge is 2.64. The average Bonchev–Trinajstić information content (AvgIpc) is 2.62. The molecule has 11 heteroatoms. The number of carbonyl (C=O) groups is 1. The van der Waals surface area contributed by atoms with E-state index in [0.29, 0.717) is 0 Å². The number of nitrogens with one attached hydrogen (secondary N) is 2. The second-order valence-electron chi connectivity index (χ2n) is 5.23. The summed E-state index contributed by atoms with van der Waals surface area (Å²) in [4.78, 5) is 15.5. The van der Waals surface area contributed by atoms with Crippen molar-refractivity contribution in [2.45, 2.75) is 23.7 Å². The fourth-order valence-corrected chi connectivity index (χ4v) is 3.38. The highest BCUT2D eigenvalue weighted by Crippen LogP contribution is 2.34. The molecule has 0 aliphatic heterocycles. The molecule has 0 amide bonds. The Bertz CT molecular complexity index is 877. The summed E-state index contributed by atoms with van der Waals surface area (Å²) in [5, 5.41) is 1.84. The van der Waals surface area contributed by atoms with Gasteiger partial charge in [-0.05, 0) is 31.2 Å². The SMILES string of the molecule is CCOC(=O)C(Nc1ccccn1)(NS(=O)(=O)c1ccccc1)C(F)(F)F. The lowest BCUT2D eigenvalue weighted by molar-refractivity contribution is -0.202. The predicted molar refractivity (Wildman–Crippen MR) is 90.0 cm³/mol. The number of alkyl halides is 3. The van der Waals surface area contributed by atoms with E-state index in [1.165, 1.54) is 48.2 Å². The molecule has 7 nitrogen and oxygen atoms in total.